The summed E-state index contributed by atoms with van der Waals surface area (Å²) in [5, 5.41) is 20.5. The number of ether oxygens (including phenoxy) is 1. The van der Waals surface area contributed by atoms with Crippen molar-refractivity contribution in [1.29, 1.82) is 0 Å². The van der Waals surface area contributed by atoms with Crippen LogP contribution in [0.3, 0.4) is 0 Å². The van der Waals surface area contributed by atoms with E-state index in [1.165, 1.54) is 25.3 Å². The Morgan fingerprint density at radius 1 is 1.05 bits per heavy atom. The standard InChI is InChI=1S/C36H40O8/c1-18-8-9-21-33(42)28(43-6)17-30(41)36(21,31-16-26(40)32-25(39)12-20(37)13-27(32)44-31)22(18)14-23-19(2)24(38)15-29-34(3,4)10-7-11-35(23,29)5/h8,12-13,16-17,21-23,29,37,39H,2,7,9-11,14-15H2,1,3-6H3/t21-,22+,23-,29-,35+,36-/m0/s1. The summed E-state index contributed by atoms with van der Waals surface area (Å²) < 4.78 is 11.6. The van der Waals surface area contributed by atoms with Crippen molar-refractivity contribution < 1.29 is 33.8 Å². The number of hydrogen-bond donors (Lipinski definition) is 2. The second-order valence-corrected chi connectivity index (χ2v) is 14.3. The molecule has 1 aromatic carbocycles. The number of ketones is 3. The fraction of sp³-hybridized carbons (Fsp3) is 0.500. The highest BCUT2D eigenvalue weighted by Crippen LogP contribution is 2.63. The van der Waals surface area contributed by atoms with Crippen molar-refractivity contribution in [2.75, 3.05) is 7.11 Å². The molecule has 2 saturated carbocycles. The largest absolute Gasteiger partial charge is 0.508 e. The molecule has 0 saturated heterocycles. The van der Waals surface area contributed by atoms with E-state index in [1.807, 2.05) is 13.0 Å². The highest BCUT2D eigenvalue weighted by Gasteiger charge is 2.63. The van der Waals surface area contributed by atoms with E-state index in [0.717, 1.165) is 30.9 Å². The number of aromatic hydroxyl groups is 2. The molecule has 8 nitrogen and oxygen atoms in total. The Kier molecular flexibility index (Phi) is 6.87. The van der Waals surface area contributed by atoms with E-state index in [1.54, 1.807) is 0 Å². The van der Waals surface area contributed by atoms with E-state index < -0.39 is 34.2 Å². The van der Waals surface area contributed by atoms with Crippen LogP contribution in [0.25, 0.3) is 11.0 Å². The Bertz CT molecular complexity index is 1750. The van der Waals surface area contributed by atoms with Gasteiger partial charge in [0.2, 0.25) is 5.78 Å². The molecule has 1 aromatic heterocycles. The fourth-order valence-corrected chi connectivity index (χ4v) is 9.47. The molecule has 44 heavy (non-hydrogen) atoms. The number of phenols is 2. The molecule has 2 N–H and O–H groups in total. The van der Waals surface area contributed by atoms with Crippen LogP contribution in [0.1, 0.15) is 72.0 Å². The van der Waals surface area contributed by atoms with Gasteiger partial charge in [-0.25, -0.2) is 0 Å². The molecular weight excluding hydrogens is 560 g/mol. The summed E-state index contributed by atoms with van der Waals surface area (Å²) in [7, 11) is 1.34. The van der Waals surface area contributed by atoms with Gasteiger partial charge in [0.15, 0.2) is 22.8 Å². The van der Waals surface area contributed by atoms with Crippen LogP contribution in [-0.2, 0) is 24.5 Å². The Balaban J connectivity index is 1.60. The monoisotopic (exact) mass is 600 g/mol. The zero-order valence-electron chi connectivity index (χ0n) is 26.0. The molecule has 8 heteroatoms. The summed E-state index contributed by atoms with van der Waals surface area (Å²) in [5.74, 6) is -3.30. The molecule has 2 fully saturated rings. The van der Waals surface area contributed by atoms with Crippen LogP contribution < -0.4 is 5.43 Å². The second kappa shape index (κ2) is 10.0. The number of phenolic OH excluding ortho intramolecular Hbond substituents is 2. The Hall–Kier alpha value is -3.94. The first-order valence-electron chi connectivity index (χ1n) is 15.4. The van der Waals surface area contributed by atoms with E-state index in [2.05, 4.69) is 27.4 Å². The molecule has 2 aromatic rings. The molecule has 0 radical (unpaired) electrons. The van der Waals surface area contributed by atoms with Gasteiger partial charge in [0.05, 0.1) is 7.11 Å². The minimum Gasteiger partial charge on any atom is -0.508 e. The fourth-order valence-electron chi connectivity index (χ4n) is 9.47. The highest BCUT2D eigenvalue weighted by atomic mass is 16.5. The van der Waals surface area contributed by atoms with Gasteiger partial charge in [0.25, 0.3) is 0 Å². The maximum atomic E-state index is 14.6. The van der Waals surface area contributed by atoms with Crippen LogP contribution in [0, 0.1) is 34.5 Å². The SMILES string of the molecule is C=C1C(=O)C[C@H]2C(C)(C)CCC[C@]2(C)[C@H]1C[C@@H]1C(C)=CC[C@H]2C(=O)C(OC)=CC(=O)[C@@]12c1cc(=O)c2c(O)cc(O)cc2o1. The zero-order valence-corrected chi connectivity index (χ0v) is 26.0. The molecule has 6 atom stereocenters. The number of carbonyl (C=O) groups is 3. The molecule has 0 unspecified atom stereocenters. The van der Waals surface area contributed by atoms with Crippen molar-refractivity contribution >= 4 is 28.3 Å². The second-order valence-electron chi connectivity index (χ2n) is 14.3. The Morgan fingerprint density at radius 3 is 2.48 bits per heavy atom. The number of fused-ring (bicyclic) bond motifs is 3. The van der Waals surface area contributed by atoms with Gasteiger partial charge in [-0.15, -0.1) is 0 Å². The quantitative estimate of drug-likeness (QED) is 0.319. The summed E-state index contributed by atoms with van der Waals surface area (Å²) in [6.07, 6.45) is 7.12. The number of benzene rings is 1. The minimum absolute atomic E-state index is 0.00868. The summed E-state index contributed by atoms with van der Waals surface area (Å²) in [6.45, 7) is 12.9. The molecule has 0 bridgehead atoms. The number of rotatable bonds is 4. The van der Waals surface area contributed by atoms with Gasteiger partial charge in [0, 0.05) is 42.5 Å². The lowest BCUT2D eigenvalue weighted by atomic mass is 9.44. The average Bonchev–Trinajstić information content (AvgIpc) is 2.94. The van der Waals surface area contributed by atoms with E-state index in [4.69, 9.17) is 9.15 Å². The van der Waals surface area contributed by atoms with Gasteiger partial charge in [-0.3, -0.25) is 19.2 Å². The van der Waals surface area contributed by atoms with Crippen molar-refractivity contribution in [2.24, 2.45) is 34.5 Å². The first kappa shape index (κ1) is 30.1. The third-order valence-electron chi connectivity index (χ3n) is 11.7. The van der Waals surface area contributed by atoms with Gasteiger partial charge in [-0.1, -0.05) is 45.4 Å². The number of Topliss-reactive ketones (excluding diaryl/α,β-unsaturated/α-hetero) is 2. The van der Waals surface area contributed by atoms with Crippen LogP contribution in [0.2, 0.25) is 0 Å². The van der Waals surface area contributed by atoms with Crippen molar-refractivity contribution in [2.45, 2.75) is 71.6 Å². The number of allylic oxidation sites excluding steroid dienone is 5. The first-order chi connectivity index (χ1) is 20.7. The van der Waals surface area contributed by atoms with Gasteiger partial charge < -0.3 is 19.4 Å². The van der Waals surface area contributed by atoms with Gasteiger partial charge in [-0.05, 0) is 60.8 Å². The smallest absolute Gasteiger partial charge is 0.202 e. The predicted octanol–water partition coefficient (Wildman–Crippen LogP) is 6.07. The third kappa shape index (κ3) is 4.09. The maximum absolute atomic E-state index is 14.6. The summed E-state index contributed by atoms with van der Waals surface area (Å²) in [6, 6.07) is 3.46. The molecule has 1 heterocycles. The van der Waals surface area contributed by atoms with Crippen LogP contribution >= 0.6 is 0 Å². The van der Waals surface area contributed by atoms with Gasteiger partial charge in [-0.2, -0.15) is 0 Å². The molecule has 4 aliphatic rings. The number of hydrogen-bond acceptors (Lipinski definition) is 8. The van der Waals surface area contributed by atoms with E-state index in [-0.39, 0.29) is 68.9 Å². The Labute approximate surface area is 256 Å². The lowest BCUT2D eigenvalue weighted by molar-refractivity contribution is -0.139. The molecule has 232 valence electrons. The number of carbonyl (C=O) groups excluding carboxylic acids is 3. The molecule has 6 rings (SSSR count). The minimum atomic E-state index is -1.62. The van der Waals surface area contributed by atoms with E-state index >= 15 is 0 Å². The van der Waals surface area contributed by atoms with Crippen LogP contribution in [-0.4, -0.2) is 34.7 Å². The maximum Gasteiger partial charge on any atom is 0.202 e. The van der Waals surface area contributed by atoms with Crippen molar-refractivity contribution in [1.82, 2.24) is 0 Å². The van der Waals surface area contributed by atoms with Crippen LogP contribution in [0.5, 0.6) is 11.5 Å². The summed E-state index contributed by atoms with van der Waals surface area (Å²) >= 11 is 0. The average molecular weight is 601 g/mol. The van der Waals surface area contributed by atoms with E-state index in [9.17, 15) is 29.4 Å². The lowest BCUT2D eigenvalue weighted by Gasteiger charge is -2.59. The molecule has 4 aliphatic carbocycles. The lowest BCUT2D eigenvalue weighted by Crippen LogP contribution is -2.58. The normalized spacial score (nSPS) is 33.4. The van der Waals surface area contributed by atoms with Gasteiger partial charge >= 0.3 is 0 Å². The molecule has 0 spiro atoms. The molecule has 0 aliphatic heterocycles. The number of methoxy groups -OCH3 is 1. The summed E-state index contributed by atoms with van der Waals surface area (Å²) in [5.41, 5.74) is -1.23. The first-order valence-corrected chi connectivity index (χ1v) is 15.4. The van der Waals surface area contributed by atoms with E-state index in [0.29, 0.717) is 18.4 Å². The van der Waals surface area contributed by atoms with Crippen molar-refractivity contribution in [3.63, 3.8) is 0 Å². The molecular formula is C36H40O8. The highest BCUT2D eigenvalue weighted by molar-refractivity contribution is 6.14. The van der Waals surface area contributed by atoms with Crippen LogP contribution in [0.4, 0.5) is 0 Å². The van der Waals surface area contributed by atoms with Crippen molar-refractivity contribution in [3.8, 4) is 11.5 Å². The third-order valence-corrected chi connectivity index (χ3v) is 11.7. The zero-order chi connectivity index (χ0) is 31.9. The van der Waals surface area contributed by atoms with Gasteiger partial charge in [0.1, 0.15) is 33.6 Å². The molecule has 0 amide bonds. The Morgan fingerprint density at radius 2 is 1.77 bits per heavy atom. The summed E-state index contributed by atoms with van der Waals surface area (Å²) in [4.78, 5) is 55.6. The predicted molar refractivity (Wildman–Crippen MR) is 164 cm³/mol. The topological polar surface area (TPSA) is 131 Å². The van der Waals surface area contributed by atoms with Crippen LogP contribution in [0.15, 0.2) is 63.0 Å². The van der Waals surface area contributed by atoms with Crippen molar-refractivity contribution in [3.05, 3.63) is 69.8 Å².